The van der Waals surface area contributed by atoms with Crippen LogP contribution in [0.4, 0.5) is 5.69 Å². The first-order chi connectivity index (χ1) is 10.2. The highest BCUT2D eigenvalue weighted by Crippen LogP contribution is 2.17. The molecular weight excluding hydrogens is 256 g/mol. The lowest BCUT2D eigenvalue weighted by atomic mass is 9.99. The lowest BCUT2D eigenvalue weighted by molar-refractivity contribution is 0.194. The van der Waals surface area contributed by atoms with Crippen LogP contribution in [0.25, 0.3) is 0 Å². The van der Waals surface area contributed by atoms with Crippen LogP contribution in [-0.2, 0) is 6.42 Å². The second kappa shape index (κ2) is 9.83. The minimum atomic E-state index is 0.931. The molecule has 0 spiro atoms. The highest BCUT2D eigenvalue weighted by Gasteiger charge is 2.14. The van der Waals surface area contributed by atoms with Gasteiger partial charge >= 0.3 is 0 Å². The third-order valence-electron chi connectivity index (χ3n) is 4.44. The predicted octanol–water partition coefficient (Wildman–Crippen LogP) is 4.44. The zero-order valence-corrected chi connectivity index (χ0v) is 14.7. The molecule has 2 nitrogen and oxygen atoms in total. The third kappa shape index (κ3) is 6.09. The molecule has 1 aromatic carbocycles. The number of anilines is 1. The van der Waals surface area contributed by atoms with Crippen LogP contribution >= 0.6 is 0 Å². The third-order valence-corrected chi connectivity index (χ3v) is 4.44. The number of rotatable bonds is 5. The monoisotopic (exact) mass is 290 g/mol. The number of hydrogen-bond donors (Lipinski definition) is 0. The van der Waals surface area contributed by atoms with Crippen LogP contribution in [0, 0.1) is 5.92 Å². The molecule has 21 heavy (non-hydrogen) atoms. The van der Waals surface area contributed by atoms with Crippen molar-refractivity contribution in [3.8, 4) is 0 Å². The molecule has 1 fully saturated rings. The van der Waals surface area contributed by atoms with Crippen molar-refractivity contribution in [2.45, 2.75) is 47.0 Å². The standard InChI is InChI=1S/C17H28N2.C2H6/c1-4-18(3)17-7-5-16(6-8-17)11-14-19-12-9-15(2)10-13-19;1-2/h5-8,15H,4,9-14H2,1-3H3;1-2H3. The van der Waals surface area contributed by atoms with E-state index >= 15 is 0 Å². The Bertz CT molecular complexity index is 364. The van der Waals surface area contributed by atoms with Gasteiger partial charge in [-0.2, -0.15) is 0 Å². The fourth-order valence-corrected chi connectivity index (χ4v) is 2.67. The molecule has 1 aliphatic heterocycles. The van der Waals surface area contributed by atoms with Gasteiger partial charge in [-0.15, -0.1) is 0 Å². The van der Waals surface area contributed by atoms with Crippen molar-refractivity contribution < 1.29 is 0 Å². The molecule has 0 atom stereocenters. The maximum Gasteiger partial charge on any atom is 0.0363 e. The zero-order chi connectivity index (χ0) is 15.7. The fraction of sp³-hybridized carbons (Fsp3) is 0.684. The maximum atomic E-state index is 2.62. The summed E-state index contributed by atoms with van der Waals surface area (Å²) in [6.07, 6.45) is 3.94. The minimum Gasteiger partial charge on any atom is -0.375 e. The van der Waals surface area contributed by atoms with Crippen molar-refractivity contribution >= 4 is 5.69 Å². The Morgan fingerprint density at radius 3 is 2.19 bits per heavy atom. The summed E-state index contributed by atoms with van der Waals surface area (Å²) in [6.45, 7) is 13.4. The maximum absolute atomic E-state index is 2.62. The van der Waals surface area contributed by atoms with E-state index in [1.54, 1.807) is 0 Å². The molecule has 0 amide bonds. The summed E-state index contributed by atoms with van der Waals surface area (Å²) in [5.41, 5.74) is 2.78. The van der Waals surface area contributed by atoms with E-state index in [2.05, 4.69) is 55.0 Å². The van der Waals surface area contributed by atoms with Gasteiger partial charge in [0.15, 0.2) is 0 Å². The predicted molar refractivity (Wildman–Crippen MR) is 95.3 cm³/mol. The van der Waals surface area contributed by atoms with Crippen LogP contribution in [-0.4, -0.2) is 38.1 Å². The molecule has 2 rings (SSSR count). The Labute approximate surface area is 132 Å². The summed E-state index contributed by atoms with van der Waals surface area (Å²) < 4.78 is 0. The molecule has 0 unspecified atom stereocenters. The van der Waals surface area contributed by atoms with Crippen LogP contribution in [0.15, 0.2) is 24.3 Å². The van der Waals surface area contributed by atoms with E-state index in [0.717, 1.165) is 12.5 Å². The second-order valence-corrected chi connectivity index (χ2v) is 5.95. The van der Waals surface area contributed by atoms with Crippen LogP contribution in [0.1, 0.15) is 46.1 Å². The van der Waals surface area contributed by atoms with Gasteiger partial charge in [0.2, 0.25) is 0 Å². The molecule has 0 N–H and O–H groups in total. The first kappa shape index (κ1) is 18.0. The lowest BCUT2D eigenvalue weighted by Gasteiger charge is -2.30. The molecule has 0 radical (unpaired) electrons. The van der Waals surface area contributed by atoms with Gasteiger partial charge in [0.05, 0.1) is 0 Å². The highest BCUT2D eigenvalue weighted by molar-refractivity contribution is 5.46. The first-order valence-electron chi connectivity index (χ1n) is 8.71. The quantitative estimate of drug-likeness (QED) is 0.791. The van der Waals surface area contributed by atoms with Crippen LogP contribution in [0.5, 0.6) is 0 Å². The smallest absolute Gasteiger partial charge is 0.0363 e. The molecule has 2 heteroatoms. The van der Waals surface area contributed by atoms with Gasteiger partial charge in [-0.25, -0.2) is 0 Å². The van der Waals surface area contributed by atoms with Crippen molar-refractivity contribution in [1.29, 1.82) is 0 Å². The number of benzene rings is 1. The van der Waals surface area contributed by atoms with Gasteiger partial charge in [-0.1, -0.05) is 32.9 Å². The van der Waals surface area contributed by atoms with Crippen LogP contribution < -0.4 is 4.90 Å². The molecule has 0 aliphatic carbocycles. The number of piperidine rings is 1. The average molecular weight is 290 g/mol. The van der Waals surface area contributed by atoms with E-state index in [4.69, 9.17) is 0 Å². The molecule has 1 aromatic rings. The fourth-order valence-electron chi connectivity index (χ4n) is 2.67. The largest absolute Gasteiger partial charge is 0.375 e. The molecule has 0 saturated carbocycles. The topological polar surface area (TPSA) is 6.48 Å². The summed E-state index contributed by atoms with van der Waals surface area (Å²) in [5, 5.41) is 0. The molecule has 120 valence electrons. The normalized spacial score (nSPS) is 16.2. The minimum absolute atomic E-state index is 0.931. The SMILES string of the molecule is CC.CCN(C)c1ccc(CCN2CCC(C)CC2)cc1. The molecule has 0 aromatic heterocycles. The van der Waals surface area contributed by atoms with Gasteiger partial charge in [0, 0.05) is 25.8 Å². The van der Waals surface area contributed by atoms with E-state index in [9.17, 15) is 0 Å². The number of nitrogens with zero attached hydrogens (tertiary/aromatic N) is 2. The van der Waals surface area contributed by atoms with Gasteiger partial charge in [-0.05, 0) is 62.9 Å². The van der Waals surface area contributed by atoms with Crippen molar-refractivity contribution in [1.82, 2.24) is 4.90 Å². The summed E-state index contributed by atoms with van der Waals surface area (Å²) in [5.74, 6) is 0.931. The Morgan fingerprint density at radius 2 is 1.67 bits per heavy atom. The van der Waals surface area contributed by atoms with Gasteiger partial charge in [-0.3, -0.25) is 0 Å². The lowest BCUT2D eigenvalue weighted by Crippen LogP contribution is -2.34. The van der Waals surface area contributed by atoms with Gasteiger partial charge in [0.1, 0.15) is 0 Å². The van der Waals surface area contributed by atoms with E-state index in [1.807, 2.05) is 13.8 Å². The van der Waals surface area contributed by atoms with Crippen molar-refractivity contribution in [3.05, 3.63) is 29.8 Å². The van der Waals surface area contributed by atoms with E-state index in [-0.39, 0.29) is 0 Å². The Hall–Kier alpha value is -1.02. The average Bonchev–Trinajstić information content (AvgIpc) is 2.56. The summed E-state index contributed by atoms with van der Waals surface area (Å²) >= 11 is 0. The van der Waals surface area contributed by atoms with Crippen molar-refractivity contribution in [2.75, 3.05) is 38.1 Å². The second-order valence-electron chi connectivity index (χ2n) is 5.95. The molecule has 1 aliphatic rings. The summed E-state index contributed by atoms with van der Waals surface area (Å²) in [4.78, 5) is 4.89. The van der Waals surface area contributed by atoms with Crippen LogP contribution in [0.3, 0.4) is 0 Å². The Morgan fingerprint density at radius 1 is 1.10 bits per heavy atom. The van der Waals surface area contributed by atoms with E-state index in [1.165, 1.54) is 50.1 Å². The van der Waals surface area contributed by atoms with Crippen LogP contribution in [0.2, 0.25) is 0 Å². The molecule has 1 heterocycles. The van der Waals surface area contributed by atoms with Gasteiger partial charge < -0.3 is 9.80 Å². The van der Waals surface area contributed by atoms with Gasteiger partial charge in [0.25, 0.3) is 0 Å². The Kier molecular flexibility index (Phi) is 8.44. The van der Waals surface area contributed by atoms with E-state index < -0.39 is 0 Å². The molecular formula is C19H34N2. The number of likely N-dealkylation sites (tertiary alicyclic amines) is 1. The molecule has 0 bridgehead atoms. The number of hydrogen-bond acceptors (Lipinski definition) is 2. The van der Waals surface area contributed by atoms with Crippen molar-refractivity contribution in [2.24, 2.45) is 5.92 Å². The summed E-state index contributed by atoms with van der Waals surface area (Å²) in [6, 6.07) is 9.07. The first-order valence-corrected chi connectivity index (χ1v) is 8.71. The summed E-state index contributed by atoms with van der Waals surface area (Å²) in [7, 11) is 2.14. The molecule has 1 saturated heterocycles. The van der Waals surface area contributed by atoms with Crippen molar-refractivity contribution in [3.63, 3.8) is 0 Å². The highest BCUT2D eigenvalue weighted by atomic mass is 15.1. The zero-order valence-electron chi connectivity index (χ0n) is 14.7. The van der Waals surface area contributed by atoms with E-state index in [0.29, 0.717) is 0 Å². The Balaban J connectivity index is 0.00000106.